The molecule has 4 heteroatoms. The van der Waals surface area contributed by atoms with Crippen molar-refractivity contribution in [3.8, 4) is 0 Å². The molecule has 0 unspecified atom stereocenters. The number of aromatic nitrogens is 1. The van der Waals surface area contributed by atoms with Crippen molar-refractivity contribution < 1.29 is 9.53 Å². The summed E-state index contributed by atoms with van der Waals surface area (Å²) in [6, 6.07) is 13.0. The van der Waals surface area contributed by atoms with Crippen LogP contribution in [0, 0.1) is 6.92 Å². The summed E-state index contributed by atoms with van der Waals surface area (Å²) in [5.74, 6) is -0.0697. The van der Waals surface area contributed by atoms with Crippen LogP contribution in [-0.2, 0) is 9.53 Å². The largest absolute Gasteiger partial charge is 0.376 e. The number of hydrogen-bond donors (Lipinski definition) is 1. The zero-order valence-electron chi connectivity index (χ0n) is 15.5. The van der Waals surface area contributed by atoms with Crippen LogP contribution in [0.4, 0.5) is 5.69 Å². The van der Waals surface area contributed by atoms with Gasteiger partial charge in [0.05, 0.1) is 13.2 Å². The number of nitrogens with one attached hydrogen (secondary N) is 1. The van der Waals surface area contributed by atoms with E-state index in [9.17, 15) is 4.79 Å². The average Bonchev–Trinajstić information content (AvgIpc) is 3.00. The number of anilines is 1. The molecule has 4 rings (SSSR count). The van der Waals surface area contributed by atoms with E-state index in [1.807, 2.05) is 12.1 Å². The van der Waals surface area contributed by atoms with Crippen molar-refractivity contribution in [2.45, 2.75) is 33.2 Å². The average molecular weight is 348 g/mol. The Labute approximate surface area is 153 Å². The molecule has 0 aliphatic carbocycles. The van der Waals surface area contributed by atoms with Crippen LogP contribution in [-0.4, -0.2) is 23.7 Å². The van der Waals surface area contributed by atoms with Gasteiger partial charge in [-0.15, -0.1) is 0 Å². The highest BCUT2D eigenvalue weighted by atomic mass is 16.5. The first kappa shape index (κ1) is 16.9. The zero-order chi connectivity index (χ0) is 18.3. The highest BCUT2D eigenvalue weighted by Crippen LogP contribution is 2.36. The van der Waals surface area contributed by atoms with Gasteiger partial charge in [-0.3, -0.25) is 4.79 Å². The van der Waals surface area contributed by atoms with Crippen LogP contribution < -0.4 is 5.32 Å². The molecule has 0 saturated carbocycles. The smallest absolute Gasteiger partial charge is 0.253 e. The molecule has 3 aromatic rings. The molecular formula is C22H24N2O2. The van der Waals surface area contributed by atoms with Gasteiger partial charge in [-0.1, -0.05) is 24.3 Å². The van der Waals surface area contributed by atoms with Gasteiger partial charge in [-0.25, -0.2) is 0 Å². The van der Waals surface area contributed by atoms with Gasteiger partial charge < -0.3 is 14.6 Å². The lowest BCUT2D eigenvalue weighted by atomic mass is 10.0. The fourth-order valence-corrected chi connectivity index (χ4v) is 3.87. The Hall–Kier alpha value is -2.59. The van der Waals surface area contributed by atoms with Gasteiger partial charge in [0, 0.05) is 39.1 Å². The number of hydrogen-bond acceptors (Lipinski definition) is 2. The fourth-order valence-electron chi connectivity index (χ4n) is 3.87. The quantitative estimate of drug-likeness (QED) is 0.726. The molecule has 1 aromatic heterocycles. The number of fused-ring (bicyclic) bond motifs is 3. The topological polar surface area (TPSA) is 43.3 Å². The van der Waals surface area contributed by atoms with Crippen molar-refractivity contribution >= 4 is 33.4 Å². The molecule has 0 spiro atoms. The van der Waals surface area contributed by atoms with Gasteiger partial charge in [0.2, 0.25) is 0 Å². The van der Waals surface area contributed by atoms with E-state index >= 15 is 0 Å². The molecule has 1 N–H and O–H groups in total. The molecule has 134 valence electrons. The Morgan fingerprint density at radius 1 is 1.15 bits per heavy atom. The van der Waals surface area contributed by atoms with Gasteiger partial charge in [0.15, 0.2) is 0 Å². The number of ether oxygens (including phenoxy) is 1. The van der Waals surface area contributed by atoms with E-state index < -0.39 is 0 Å². The maximum absolute atomic E-state index is 12.6. The Balaban J connectivity index is 1.83. The first-order valence-corrected chi connectivity index (χ1v) is 9.18. The van der Waals surface area contributed by atoms with E-state index in [-0.39, 0.29) is 5.91 Å². The van der Waals surface area contributed by atoms with E-state index in [0.717, 1.165) is 17.7 Å². The van der Waals surface area contributed by atoms with Crippen LogP contribution in [0.5, 0.6) is 0 Å². The third-order valence-corrected chi connectivity index (χ3v) is 5.10. The number of amides is 1. The predicted octanol–water partition coefficient (Wildman–Crippen LogP) is 4.97. The van der Waals surface area contributed by atoms with Crippen LogP contribution >= 0.6 is 0 Å². The number of rotatable bonds is 3. The van der Waals surface area contributed by atoms with Gasteiger partial charge >= 0.3 is 0 Å². The minimum Gasteiger partial charge on any atom is -0.376 e. The molecule has 4 nitrogen and oxygen atoms in total. The molecule has 0 bridgehead atoms. The van der Waals surface area contributed by atoms with Crippen LogP contribution in [0.3, 0.4) is 0 Å². The summed E-state index contributed by atoms with van der Waals surface area (Å²) in [4.78, 5) is 12.6. The Bertz CT molecular complexity index is 1030. The lowest BCUT2D eigenvalue weighted by Crippen LogP contribution is -2.21. The van der Waals surface area contributed by atoms with E-state index in [1.54, 1.807) is 0 Å². The predicted molar refractivity (Wildman–Crippen MR) is 107 cm³/mol. The molecular weight excluding hydrogens is 324 g/mol. The molecule has 0 radical (unpaired) electrons. The maximum Gasteiger partial charge on any atom is 0.253 e. The van der Waals surface area contributed by atoms with E-state index in [0.29, 0.717) is 24.8 Å². The van der Waals surface area contributed by atoms with Gasteiger partial charge in [-0.2, -0.15) is 0 Å². The lowest BCUT2D eigenvalue weighted by Gasteiger charge is -2.16. The van der Waals surface area contributed by atoms with Crippen molar-refractivity contribution in [3.63, 3.8) is 0 Å². The molecule has 1 amide bonds. The second-order valence-corrected chi connectivity index (χ2v) is 7.14. The number of carbonyl (C=O) groups is 1. The van der Waals surface area contributed by atoms with Crippen molar-refractivity contribution in [3.05, 3.63) is 53.6 Å². The summed E-state index contributed by atoms with van der Waals surface area (Å²) in [7, 11) is 0. The van der Waals surface area contributed by atoms with Gasteiger partial charge in [0.1, 0.15) is 0 Å². The molecule has 2 aromatic carbocycles. The summed E-state index contributed by atoms with van der Waals surface area (Å²) in [6.45, 7) is 7.57. The molecule has 1 aliphatic rings. The van der Waals surface area contributed by atoms with E-state index in [1.165, 1.54) is 21.8 Å². The Morgan fingerprint density at radius 2 is 1.96 bits per heavy atom. The lowest BCUT2D eigenvalue weighted by molar-refractivity contribution is -0.113. The number of nitrogens with zero attached hydrogens (tertiary/aromatic N) is 1. The molecule has 1 aliphatic heterocycles. The van der Waals surface area contributed by atoms with Crippen LogP contribution in [0.2, 0.25) is 0 Å². The maximum atomic E-state index is 12.6. The minimum absolute atomic E-state index is 0.0697. The second-order valence-electron chi connectivity index (χ2n) is 7.14. The monoisotopic (exact) mass is 348 g/mol. The first-order valence-electron chi connectivity index (χ1n) is 9.18. The summed E-state index contributed by atoms with van der Waals surface area (Å²) in [6.07, 6.45) is 2.76. The SMILES string of the molecule is Cc1c(NC(=O)C2=CCCOC2)ccc2c1c1ccccc1n2C(C)C. The summed E-state index contributed by atoms with van der Waals surface area (Å²) >= 11 is 0. The first-order chi connectivity index (χ1) is 12.6. The number of aryl methyl sites for hydroxylation is 1. The van der Waals surface area contributed by atoms with Crippen LogP contribution in [0.25, 0.3) is 21.8 Å². The third kappa shape index (κ3) is 2.71. The standard InChI is InChI=1S/C22H24N2O2/c1-14(2)24-19-9-5-4-8-17(19)21-15(3)18(10-11-20(21)24)23-22(25)16-7-6-12-26-13-16/h4-5,7-11,14H,6,12-13H2,1-3H3,(H,23,25). The highest BCUT2D eigenvalue weighted by molar-refractivity contribution is 6.13. The molecule has 2 heterocycles. The van der Waals surface area contributed by atoms with Crippen molar-refractivity contribution in [1.29, 1.82) is 0 Å². The number of benzene rings is 2. The van der Waals surface area contributed by atoms with Crippen LogP contribution in [0.1, 0.15) is 31.9 Å². The number of carbonyl (C=O) groups excluding carboxylic acids is 1. The van der Waals surface area contributed by atoms with Crippen molar-refractivity contribution in [2.24, 2.45) is 0 Å². The second kappa shape index (κ2) is 6.61. The number of para-hydroxylation sites is 1. The fraction of sp³-hybridized carbons (Fsp3) is 0.318. The highest BCUT2D eigenvalue weighted by Gasteiger charge is 2.18. The zero-order valence-corrected chi connectivity index (χ0v) is 15.5. The minimum atomic E-state index is -0.0697. The Kier molecular flexibility index (Phi) is 4.29. The normalized spacial score (nSPS) is 14.8. The van der Waals surface area contributed by atoms with E-state index in [4.69, 9.17) is 4.74 Å². The van der Waals surface area contributed by atoms with Gasteiger partial charge in [0.25, 0.3) is 5.91 Å². The van der Waals surface area contributed by atoms with Crippen molar-refractivity contribution in [1.82, 2.24) is 4.57 Å². The third-order valence-electron chi connectivity index (χ3n) is 5.10. The molecule has 0 atom stereocenters. The Morgan fingerprint density at radius 3 is 2.69 bits per heavy atom. The van der Waals surface area contributed by atoms with Gasteiger partial charge in [-0.05, 0) is 51.0 Å². The molecule has 0 saturated heterocycles. The molecule has 0 fully saturated rings. The summed E-state index contributed by atoms with van der Waals surface area (Å²) in [5.41, 5.74) is 5.11. The summed E-state index contributed by atoms with van der Waals surface area (Å²) in [5, 5.41) is 5.51. The van der Waals surface area contributed by atoms with Crippen molar-refractivity contribution in [2.75, 3.05) is 18.5 Å². The van der Waals surface area contributed by atoms with E-state index in [2.05, 4.69) is 61.0 Å². The van der Waals surface area contributed by atoms with Crippen LogP contribution in [0.15, 0.2) is 48.0 Å². The molecule has 26 heavy (non-hydrogen) atoms. The summed E-state index contributed by atoms with van der Waals surface area (Å²) < 4.78 is 7.76.